The zero-order chi connectivity index (χ0) is 14.3. The van der Waals surface area contributed by atoms with Gasteiger partial charge in [-0.2, -0.15) is 0 Å². The molecule has 104 valence electrons. The molecule has 3 rings (SSSR count). The van der Waals surface area contributed by atoms with Gasteiger partial charge in [-0.25, -0.2) is 14.4 Å². The summed E-state index contributed by atoms with van der Waals surface area (Å²) in [6, 6.07) is 5.01. The number of nitrogens with two attached hydrogens (primary N) is 1. The molecule has 2 N–H and O–H groups in total. The molecule has 20 heavy (non-hydrogen) atoms. The summed E-state index contributed by atoms with van der Waals surface area (Å²) < 4.78 is 19.4. The Bertz CT molecular complexity index is 668. The van der Waals surface area contributed by atoms with Crippen molar-refractivity contribution < 1.29 is 9.13 Å². The van der Waals surface area contributed by atoms with E-state index in [4.69, 9.17) is 10.5 Å². The molecule has 0 saturated heterocycles. The van der Waals surface area contributed by atoms with Gasteiger partial charge >= 0.3 is 0 Å². The van der Waals surface area contributed by atoms with Gasteiger partial charge in [-0.3, -0.25) is 0 Å². The van der Waals surface area contributed by atoms with E-state index in [-0.39, 0.29) is 5.75 Å². The summed E-state index contributed by atoms with van der Waals surface area (Å²) >= 11 is 0. The number of halogens is 1. The number of hydrogen-bond acceptors (Lipinski definition) is 4. The fourth-order valence-electron chi connectivity index (χ4n) is 2.19. The molecule has 1 aliphatic rings. The van der Waals surface area contributed by atoms with Crippen molar-refractivity contribution in [1.29, 1.82) is 0 Å². The Hall–Kier alpha value is -2.17. The number of nitrogen functional groups attached to an aromatic ring is 1. The number of nitrogens with zero attached hydrogens (tertiary/aromatic N) is 2. The molecule has 0 amide bonds. The lowest BCUT2D eigenvalue weighted by atomic mass is 10.1. The second-order valence-electron chi connectivity index (χ2n) is 5.04. The van der Waals surface area contributed by atoms with Crippen molar-refractivity contribution in [1.82, 2.24) is 9.97 Å². The molecule has 0 unspecified atom stereocenters. The van der Waals surface area contributed by atoms with Gasteiger partial charge in [0.2, 0.25) is 0 Å². The maximum atomic E-state index is 14.4. The van der Waals surface area contributed by atoms with Crippen LogP contribution in [-0.2, 0) is 0 Å². The highest BCUT2D eigenvalue weighted by atomic mass is 19.1. The molecule has 1 aromatic carbocycles. The summed E-state index contributed by atoms with van der Waals surface area (Å²) in [6.45, 7) is 1.81. The van der Waals surface area contributed by atoms with Gasteiger partial charge in [-0.1, -0.05) is 6.07 Å². The van der Waals surface area contributed by atoms with Crippen LogP contribution in [-0.4, -0.2) is 17.1 Å². The molecule has 0 aliphatic heterocycles. The third kappa shape index (κ3) is 2.09. The minimum Gasteiger partial charge on any atom is -0.494 e. The van der Waals surface area contributed by atoms with Crippen molar-refractivity contribution in [2.75, 3.05) is 12.8 Å². The predicted octanol–water partition coefficient (Wildman–Crippen LogP) is 3.06. The minimum absolute atomic E-state index is 0.201. The lowest BCUT2D eigenvalue weighted by Crippen LogP contribution is -2.05. The van der Waals surface area contributed by atoms with Crippen LogP contribution in [0.4, 0.5) is 10.2 Å². The fourth-order valence-corrected chi connectivity index (χ4v) is 2.19. The van der Waals surface area contributed by atoms with Gasteiger partial charge in [-0.15, -0.1) is 0 Å². The molecule has 0 spiro atoms. The second-order valence-corrected chi connectivity index (χ2v) is 5.04. The first-order valence-corrected chi connectivity index (χ1v) is 6.58. The van der Waals surface area contributed by atoms with E-state index in [2.05, 4.69) is 9.97 Å². The van der Waals surface area contributed by atoms with Gasteiger partial charge in [0.1, 0.15) is 11.6 Å². The summed E-state index contributed by atoms with van der Waals surface area (Å²) in [5.74, 6) is 1.28. The highest BCUT2D eigenvalue weighted by Gasteiger charge is 2.28. The van der Waals surface area contributed by atoms with Crippen LogP contribution in [0.1, 0.15) is 30.1 Å². The number of anilines is 1. The largest absolute Gasteiger partial charge is 0.494 e. The summed E-state index contributed by atoms with van der Waals surface area (Å²) in [7, 11) is 1.44. The third-order valence-electron chi connectivity index (χ3n) is 3.58. The Morgan fingerprint density at radius 1 is 1.30 bits per heavy atom. The average Bonchev–Trinajstić information content (AvgIpc) is 3.27. The van der Waals surface area contributed by atoms with E-state index >= 15 is 0 Å². The molecule has 2 aromatic rings. The zero-order valence-corrected chi connectivity index (χ0v) is 11.5. The summed E-state index contributed by atoms with van der Waals surface area (Å²) in [4.78, 5) is 8.82. The Kier molecular flexibility index (Phi) is 3.04. The SMILES string of the molecule is COc1cccc(-c2nc(C3CC3)nc(N)c2C)c1F. The van der Waals surface area contributed by atoms with E-state index in [0.29, 0.717) is 34.4 Å². The predicted molar refractivity (Wildman–Crippen MR) is 75.1 cm³/mol. The maximum Gasteiger partial charge on any atom is 0.174 e. The molecule has 1 aromatic heterocycles. The molecule has 1 fully saturated rings. The normalized spacial score (nSPS) is 14.3. The van der Waals surface area contributed by atoms with E-state index in [9.17, 15) is 4.39 Å². The van der Waals surface area contributed by atoms with Crippen LogP contribution in [0.25, 0.3) is 11.3 Å². The molecule has 0 bridgehead atoms. The van der Waals surface area contributed by atoms with Gasteiger partial charge in [-0.05, 0) is 31.9 Å². The Morgan fingerprint density at radius 2 is 2.05 bits per heavy atom. The van der Waals surface area contributed by atoms with Gasteiger partial charge in [0.05, 0.1) is 12.8 Å². The van der Waals surface area contributed by atoms with Crippen molar-refractivity contribution in [3.8, 4) is 17.0 Å². The van der Waals surface area contributed by atoms with E-state index < -0.39 is 5.82 Å². The van der Waals surface area contributed by atoms with Crippen molar-refractivity contribution in [2.45, 2.75) is 25.7 Å². The molecule has 0 atom stereocenters. The van der Waals surface area contributed by atoms with Crippen molar-refractivity contribution >= 4 is 5.82 Å². The number of rotatable bonds is 3. The number of aromatic nitrogens is 2. The number of methoxy groups -OCH3 is 1. The second kappa shape index (κ2) is 4.74. The first kappa shape index (κ1) is 12.8. The van der Waals surface area contributed by atoms with E-state index in [1.807, 2.05) is 0 Å². The number of ether oxygens (including phenoxy) is 1. The summed E-state index contributed by atoms with van der Waals surface area (Å²) in [5, 5.41) is 0. The van der Waals surface area contributed by atoms with Crippen LogP contribution >= 0.6 is 0 Å². The molecule has 4 nitrogen and oxygen atoms in total. The highest BCUT2D eigenvalue weighted by molar-refractivity contribution is 5.69. The fraction of sp³-hybridized carbons (Fsp3) is 0.333. The number of hydrogen-bond donors (Lipinski definition) is 1. The Morgan fingerprint density at radius 3 is 2.70 bits per heavy atom. The van der Waals surface area contributed by atoms with E-state index in [0.717, 1.165) is 12.8 Å². The molecular formula is C15H16FN3O. The maximum absolute atomic E-state index is 14.4. The van der Waals surface area contributed by atoms with Crippen LogP contribution in [0.2, 0.25) is 0 Å². The van der Waals surface area contributed by atoms with Gasteiger partial charge < -0.3 is 10.5 Å². The first-order valence-electron chi connectivity index (χ1n) is 6.58. The van der Waals surface area contributed by atoms with Crippen LogP contribution in [0.3, 0.4) is 0 Å². The van der Waals surface area contributed by atoms with Crippen molar-refractivity contribution in [2.24, 2.45) is 0 Å². The first-order chi connectivity index (χ1) is 9.61. The molecule has 1 saturated carbocycles. The van der Waals surface area contributed by atoms with Gasteiger partial charge in [0.25, 0.3) is 0 Å². The zero-order valence-electron chi connectivity index (χ0n) is 11.5. The molecule has 5 heteroatoms. The minimum atomic E-state index is -0.419. The van der Waals surface area contributed by atoms with Gasteiger partial charge in [0.15, 0.2) is 11.6 Å². The summed E-state index contributed by atoms with van der Waals surface area (Å²) in [5.41, 5.74) is 7.59. The average molecular weight is 273 g/mol. The van der Waals surface area contributed by atoms with E-state index in [1.54, 1.807) is 25.1 Å². The topological polar surface area (TPSA) is 61.0 Å². The third-order valence-corrected chi connectivity index (χ3v) is 3.58. The van der Waals surface area contributed by atoms with Crippen LogP contribution < -0.4 is 10.5 Å². The standard InChI is InChI=1S/C15H16FN3O/c1-8-13(10-4-3-5-11(20-2)12(10)16)18-15(9-6-7-9)19-14(8)17/h3-5,9H,6-7H2,1-2H3,(H2,17,18,19). The van der Waals surface area contributed by atoms with Crippen molar-refractivity contribution in [3.63, 3.8) is 0 Å². The van der Waals surface area contributed by atoms with Gasteiger partial charge in [0, 0.05) is 17.0 Å². The lowest BCUT2D eigenvalue weighted by Gasteiger charge is -2.12. The van der Waals surface area contributed by atoms with Crippen molar-refractivity contribution in [3.05, 3.63) is 35.4 Å². The van der Waals surface area contributed by atoms with Crippen LogP contribution in [0.15, 0.2) is 18.2 Å². The molecule has 0 radical (unpaired) electrons. The monoisotopic (exact) mass is 273 g/mol. The highest BCUT2D eigenvalue weighted by Crippen LogP contribution is 2.40. The van der Waals surface area contributed by atoms with Crippen LogP contribution in [0, 0.1) is 12.7 Å². The number of benzene rings is 1. The molecule has 1 aliphatic carbocycles. The smallest absolute Gasteiger partial charge is 0.174 e. The lowest BCUT2D eigenvalue weighted by molar-refractivity contribution is 0.387. The summed E-state index contributed by atoms with van der Waals surface area (Å²) in [6.07, 6.45) is 2.14. The Labute approximate surface area is 116 Å². The molecule has 1 heterocycles. The quantitative estimate of drug-likeness (QED) is 0.933. The molecular weight excluding hydrogens is 257 g/mol. The Balaban J connectivity index is 2.18. The van der Waals surface area contributed by atoms with E-state index in [1.165, 1.54) is 7.11 Å². The van der Waals surface area contributed by atoms with Crippen LogP contribution in [0.5, 0.6) is 5.75 Å².